The molecule has 2 aromatic rings. The summed E-state index contributed by atoms with van der Waals surface area (Å²) in [6, 6.07) is 2.05. The summed E-state index contributed by atoms with van der Waals surface area (Å²) >= 11 is 0. The molecule has 1 amide bonds. The Morgan fingerprint density at radius 3 is 3.23 bits per heavy atom. The molecule has 2 aromatic heterocycles. The molecule has 1 aliphatic rings. The molecule has 3 rings (SSSR count). The zero-order chi connectivity index (χ0) is 15.5. The van der Waals surface area contributed by atoms with E-state index < -0.39 is 0 Å². The van der Waals surface area contributed by atoms with Crippen LogP contribution in [0, 0.1) is 5.92 Å². The first kappa shape index (κ1) is 14.7. The van der Waals surface area contributed by atoms with E-state index in [2.05, 4.69) is 27.2 Å². The Hall–Kier alpha value is -2.18. The molecular formula is C15H22N6O. The minimum Gasteiger partial charge on any atom is -0.340 e. The monoisotopic (exact) mass is 302 g/mol. The number of nitrogens with zero attached hydrogens (tertiary/aromatic N) is 5. The van der Waals surface area contributed by atoms with Crippen molar-refractivity contribution in [3.05, 3.63) is 29.6 Å². The lowest BCUT2D eigenvalue weighted by atomic mass is 9.98. The number of hydrogen-bond acceptors (Lipinski definition) is 4. The lowest BCUT2D eigenvalue weighted by Gasteiger charge is -2.26. The average Bonchev–Trinajstić information content (AvgIpc) is 3.15. The molecule has 0 radical (unpaired) electrons. The molecule has 1 N–H and O–H groups in total. The van der Waals surface area contributed by atoms with Crippen LogP contribution in [0.1, 0.15) is 37.0 Å². The first-order chi connectivity index (χ1) is 10.7. The molecule has 0 spiro atoms. The summed E-state index contributed by atoms with van der Waals surface area (Å²) in [5.41, 5.74) is 2.04. The van der Waals surface area contributed by atoms with Gasteiger partial charge in [0, 0.05) is 13.5 Å². The van der Waals surface area contributed by atoms with Gasteiger partial charge in [0.2, 0.25) is 5.91 Å². The Bertz CT molecular complexity index is 646. The molecule has 118 valence electrons. The summed E-state index contributed by atoms with van der Waals surface area (Å²) in [6.45, 7) is 3.32. The van der Waals surface area contributed by atoms with Crippen LogP contribution in [0.2, 0.25) is 0 Å². The van der Waals surface area contributed by atoms with Crippen LogP contribution in [0.5, 0.6) is 0 Å². The van der Waals surface area contributed by atoms with Crippen LogP contribution in [0.25, 0.3) is 0 Å². The van der Waals surface area contributed by atoms with Crippen molar-refractivity contribution in [1.29, 1.82) is 0 Å². The van der Waals surface area contributed by atoms with Crippen molar-refractivity contribution in [2.45, 2.75) is 45.7 Å². The number of nitrogens with one attached hydrogen (secondary N) is 1. The average molecular weight is 302 g/mol. The maximum absolute atomic E-state index is 12.6. The van der Waals surface area contributed by atoms with Crippen molar-refractivity contribution in [2.24, 2.45) is 5.92 Å². The van der Waals surface area contributed by atoms with Crippen LogP contribution in [-0.4, -0.2) is 42.8 Å². The molecule has 0 fully saturated rings. The van der Waals surface area contributed by atoms with Gasteiger partial charge in [-0.05, 0) is 18.9 Å². The molecule has 1 aliphatic heterocycles. The van der Waals surface area contributed by atoms with Crippen LogP contribution in [0.15, 0.2) is 12.4 Å². The minimum absolute atomic E-state index is 0.0165. The van der Waals surface area contributed by atoms with Gasteiger partial charge < -0.3 is 4.90 Å². The molecular weight excluding hydrogens is 280 g/mol. The smallest absolute Gasteiger partial charge is 0.227 e. The van der Waals surface area contributed by atoms with Crippen LogP contribution in [0.4, 0.5) is 0 Å². The van der Waals surface area contributed by atoms with Crippen molar-refractivity contribution >= 4 is 5.91 Å². The zero-order valence-corrected chi connectivity index (χ0v) is 13.1. The molecule has 1 unspecified atom stereocenters. The molecule has 7 nitrogen and oxygen atoms in total. The SMILES string of the molecule is CCCc1cc(CN(C)C(=O)C2CCc3ncnn3C2)[nH]n1. The molecule has 3 heterocycles. The number of hydrogen-bond donors (Lipinski definition) is 1. The standard InChI is InChI=1S/C15H22N6O/c1-3-4-12-7-13(19-18-12)9-20(2)15(22)11-5-6-14-16-10-17-21(14)8-11/h7,10-11H,3-6,8-9H2,1-2H3,(H,18,19). The number of carbonyl (C=O) groups excluding carboxylic acids is 1. The number of aromatic amines is 1. The minimum atomic E-state index is -0.0165. The van der Waals surface area contributed by atoms with Gasteiger partial charge in [-0.15, -0.1) is 0 Å². The summed E-state index contributed by atoms with van der Waals surface area (Å²) in [5.74, 6) is 1.12. The van der Waals surface area contributed by atoms with E-state index in [0.717, 1.165) is 42.9 Å². The molecule has 1 atom stereocenters. The van der Waals surface area contributed by atoms with Crippen LogP contribution >= 0.6 is 0 Å². The Morgan fingerprint density at radius 1 is 1.55 bits per heavy atom. The Morgan fingerprint density at radius 2 is 2.41 bits per heavy atom. The number of amides is 1. The quantitative estimate of drug-likeness (QED) is 0.899. The van der Waals surface area contributed by atoms with Gasteiger partial charge in [0.05, 0.1) is 30.4 Å². The zero-order valence-electron chi connectivity index (χ0n) is 13.1. The van der Waals surface area contributed by atoms with Crippen molar-refractivity contribution in [2.75, 3.05) is 7.05 Å². The Balaban J connectivity index is 1.60. The summed E-state index contributed by atoms with van der Waals surface area (Å²) in [7, 11) is 1.85. The second kappa shape index (κ2) is 6.29. The van der Waals surface area contributed by atoms with Crippen molar-refractivity contribution in [3.8, 4) is 0 Å². The predicted molar refractivity (Wildman–Crippen MR) is 80.9 cm³/mol. The molecule has 0 saturated heterocycles. The normalized spacial score (nSPS) is 17.3. The fraction of sp³-hybridized carbons (Fsp3) is 0.600. The highest BCUT2D eigenvalue weighted by Gasteiger charge is 2.28. The van der Waals surface area contributed by atoms with Crippen LogP contribution in [-0.2, 0) is 30.7 Å². The number of rotatable bonds is 5. The maximum atomic E-state index is 12.6. The van der Waals surface area contributed by atoms with Crippen molar-refractivity contribution in [1.82, 2.24) is 29.9 Å². The van der Waals surface area contributed by atoms with E-state index in [9.17, 15) is 4.79 Å². The van der Waals surface area contributed by atoms with Gasteiger partial charge in [0.15, 0.2) is 0 Å². The topological polar surface area (TPSA) is 79.7 Å². The second-order valence-corrected chi connectivity index (χ2v) is 5.92. The van der Waals surface area contributed by atoms with Gasteiger partial charge in [-0.1, -0.05) is 13.3 Å². The van der Waals surface area contributed by atoms with E-state index in [0.29, 0.717) is 13.1 Å². The van der Waals surface area contributed by atoms with Gasteiger partial charge in [-0.25, -0.2) is 9.67 Å². The molecule has 0 aliphatic carbocycles. The highest BCUT2D eigenvalue weighted by molar-refractivity contribution is 5.78. The number of carbonyl (C=O) groups is 1. The van der Waals surface area contributed by atoms with E-state index in [-0.39, 0.29) is 11.8 Å². The van der Waals surface area contributed by atoms with Gasteiger partial charge in [0.25, 0.3) is 0 Å². The van der Waals surface area contributed by atoms with Gasteiger partial charge in [0.1, 0.15) is 12.2 Å². The summed E-state index contributed by atoms with van der Waals surface area (Å²) < 4.78 is 1.84. The fourth-order valence-electron chi connectivity index (χ4n) is 2.96. The highest BCUT2D eigenvalue weighted by atomic mass is 16.2. The summed E-state index contributed by atoms with van der Waals surface area (Å²) in [5, 5.41) is 11.5. The molecule has 0 bridgehead atoms. The molecule has 0 aromatic carbocycles. The Kier molecular flexibility index (Phi) is 4.22. The van der Waals surface area contributed by atoms with E-state index >= 15 is 0 Å². The largest absolute Gasteiger partial charge is 0.340 e. The molecule has 7 heteroatoms. The van der Waals surface area contributed by atoms with Crippen molar-refractivity contribution in [3.63, 3.8) is 0 Å². The molecule has 22 heavy (non-hydrogen) atoms. The number of aromatic nitrogens is 5. The number of aryl methyl sites for hydroxylation is 2. The van der Waals surface area contributed by atoms with Crippen LogP contribution < -0.4 is 0 Å². The predicted octanol–water partition coefficient (Wildman–Crippen LogP) is 1.17. The highest BCUT2D eigenvalue weighted by Crippen LogP contribution is 2.20. The van der Waals surface area contributed by atoms with Crippen molar-refractivity contribution < 1.29 is 4.79 Å². The Labute approximate surface area is 129 Å². The fourth-order valence-corrected chi connectivity index (χ4v) is 2.96. The lowest BCUT2D eigenvalue weighted by molar-refractivity contribution is -0.135. The van der Waals surface area contributed by atoms with E-state index in [1.807, 2.05) is 17.8 Å². The third-order valence-corrected chi connectivity index (χ3v) is 4.13. The van der Waals surface area contributed by atoms with Gasteiger partial charge in [-0.3, -0.25) is 9.89 Å². The third-order valence-electron chi connectivity index (χ3n) is 4.13. The number of H-pyrrole nitrogens is 1. The van der Waals surface area contributed by atoms with E-state index in [4.69, 9.17) is 0 Å². The second-order valence-electron chi connectivity index (χ2n) is 5.92. The van der Waals surface area contributed by atoms with Gasteiger partial charge in [-0.2, -0.15) is 10.2 Å². The van der Waals surface area contributed by atoms with E-state index in [1.54, 1.807) is 11.2 Å². The molecule has 0 saturated carbocycles. The summed E-state index contributed by atoms with van der Waals surface area (Å²) in [4.78, 5) is 18.6. The first-order valence-corrected chi connectivity index (χ1v) is 7.82. The third kappa shape index (κ3) is 3.03. The summed E-state index contributed by atoms with van der Waals surface area (Å²) in [6.07, 6.45) is 5.25. The van der Waals surface area contributed by atoms with Crippen LogP contribution in [0.3, 0.4) is 0 Å². The number of fused-ring (bicyclic) bond motifs is 1. The van der Waals surface area contributed by atoms with E-state index in [1.165, 1.54) is 0 Å². The van der Waals surface area contributed by atoms with Gasteiger partial charge >= 0.3 is 0 Å². The first-order valence-electron chi connectivity index (χ1n) is 7.82. The lowest BCUT2D eigenvalue weighted by Crippen LogP contribution is -2.37. The maximum Gasteiger partial charge on any atom is 0.227 e.